The molecule has 0 heterocycles. The summed E-state index contributed by atoms with van der Waals surface area (Å²) in [5.74, 6) is 0.223. The third-order valence-electron chi connectivity index (χ3n) is 2.18. The van der Waals surface area contributed by atoms with Gasteiger partial charge in [0.15, 0.2) is 0 Å². The van der Waals surface area contributed by atoms with Crippen LogP contribution in [0.4, 0.5) is 5.69 Å². The minimum absolute atomic E-state index is 0.0470. The zero-order valence-electron chi connectivity index (χ0n) is 8.70. The molecule has 0 saturated carbocycles. The van der Waals surface area contributed by atoms with E-state index in [2.05, 4.69) is 5.32 Å². The predicted octanol–water partition coefficient (Wildman–Crippen LogP) is 1.50. The molecule has 0 bridgehead atoms. The fourth-order valence-electron chi connectivity index (χ4n) is 1.30. The van der Waals surface area contributed by atoms with E-state index in [1.54, 1.807) is 0 Å². The number of alkyl halides is 1. The average Bonchev–Trinajstić information content (AvgIpc) is 2.26. The van der Waals surface area contributed by atoms with Gasteiger partial charge in [-0.15, -0.1) is 11.6 Å². The van der Waals surface area contributed by atoms with Gasteiger partial charge in [-0.05, 0) is 24.1 Å². The van der Waals surface area contributed by atoms with Crippen LogP contribution < -0.4 is 5.32 Å². The van der Waals surface area contributed by atoms with Gasteiger partial charge in [-0.3, -0.25) is 0 Å². The third-order valence-corrected chi connectivity index (χ3v) is 2.54. The summed E-state index contributed by atoms with van der Waals surface area (Å²) >= 11 is 5.48. The molecule has 1 rings (SSSR count). The van der Waals surface area contributed by atoms with Crippen molar-refractivity contribution in [2.75, 3.05) is 17.7 Å². The van der Waals surface area contributed by atoms with Gasteiger partial charge in [-0.1, -0.05) is 12.1 Å². The molecule has 0 amide bonds. The summed E-state index contributed by atoms with van der Waals surface area (Å²) in [4.78, 5) is 0. The fourth-order valence-corrected chi connectivity index (χ4v) is 1.41. The van der Waals surface area contributed by atoms with Crippen LogP contribution in [0.25, 0.3) is 0 Å². The molecule has 0 aliphatic heterocycles. The van der Waals surface area contributed by atoms with Crippen molar-refractivity contribution >= 4 is 17.3 Å². The van der Waals surface area contributed by atoms with Crippen LogP contribution in [0.2, 0.25) is 0 Å². The maximum Gasteiger partial charge on any atom is 0.0847 e. The van der Waals surface area contributed by atoms with Gasteiger partial charge < -0.3 is 15.5 Å². The summed E-state index contributed by atoms with van der Waals surface area (Å²) in [6, 6.07) is 5.65. The maximum absolute atomic E-state index is 9.28. The first-order valence-electron chi connectivity index (χ1n) is 4.85. The molecule has 3 N–H and O–H groups in total. The van der Waals surface area contributed by atoms with Crippen molar-refractivity contribution in [1.29, 1.82) is 0 Å². The Morgan fingerprint density at radius 2 is 2.20 bits per heavy atom. The van der Waals surface area contributed by atoms with Crippen LogP contribution in [0, 0.1) is 6.92 Å². The normalized spacial score (nSPS) is 12.5. The first-order valence-corrected chi connectivity index (χ1v) is 5.39. The molecule has 1 unspecified atom stereocenters. The van der Waals surface area contributed by atoms with Gasteiger partial charge in [0.1, 0.15) is 0 Å². The van der Waals surface area contributed by atoms with Crippen LogP contribution in [-0.2, 0) is 6.61 Å². The Morgan fingerprint density at radius 1 is 1.47 bits per heavy atom. The number of anilines is 1. The SMILES string of the molecule is Cc1cc(CO)ccc1NCC(O)CCl. The van der Waals surface area contributed by atoms with Crippen molar-refractivity contribution in [3.05, 3.63) is 29.3 Å². The Morgan fingerprint density at radius 3 is 2.73 bits per heavy atom. The minimum Gasteiger partial charge on any atom is -0.392 e. The van der Waals surface area contributed by atoms with Crippen LogP contribution in [0.15, 0.2) is 18.2 Å². The zero-order valence-corrected chi connectivity index (χ0v) is 9.46. The lowest BCUT2D eigenvalue weighted by atomic mass is 10.1. The molecule has 0 spiro atoms. The topological polar surface area (TPSA) is 52.5 Å². The van der Waals surface area contributed by atoms with E-state index in [-0.39, 0.29) is 12.5 Å². The Labute approximate surface area is 94.7 Å². The number of halogens is 1. The van der Waals surface area contributed by atoms with Crippen LogP contribution >= 0.6 is 11.6 Å². The van der Waals surface area contributed by atoms with Crippen molar-refractivity contribution in [1.82, 2.24) is 0 Å². The summed E-state index contributed by atoms with van der Waals surface area (Å²) in [6.07, 6.45) is -0.538. The number of aryl methyl sites for hydroxylation is 1. The highest BCUT2D eigenvalue weighted by Crippen LogP contribution is 2.16. The molecule has 0 aliphatic carbocycles. The van der Waals surface area contributed by atoms with E-state index in [4.69, 9.17) is 16.7 Å². The lowest BCUT2D eigenvalue weighted by Crippen LogP contribution is -2.21. The van der Waals surface area contributed by atoms with Crippen molar-refractivity contribution in [3.8, 4) is 0 Å². The molecule has 3 nitrogen and oxygen atoms in total. The molecule has 1 aromatic rings. The quantitative estimate of drug-likeness (QED) is 0.671. The number of benzene rings is 1. The number of nitrogens with one attached hydrogen (secondary N) is 1. The van der Waals surface area contributed by atoms with E-state index in [0.29, 0.717) is 6.54 Å². The number of aliphatic hydroxyl groups is 2. The maximum atomic E-state index is 9.28. The van der Waals surface area contributed by atoms with Gasteiger partial charge >= 0.3 is 0 Å². The second kappa shape index (κ2) is 5.95. The second-order valence-corrected chi connectivity index (χ2v) is 3.81. The minimum atomic E-state index is -0.538. The molecule has 0 saturated heterocycles. The molecular weight excluding hydrogens is 214 g/mol. The summed E-state index contributed by atoms with van der Waals surface area (Å²) in [5, 5.41) is 21.3. The second-order valence-electron chi connectivity index (χ2n) is 3.50. The molecule has 84 valence electrons. The molecule has 4 heteroatoms. The molecule has 15 heavy (non-hydrogen) atoms. The van der Waals surface area contributed by atoms with Crippen molar-refractivity contribution in [2.24, 2.45) is 0 Å². The Kier molecular flexibility index (Phi) is 4.88. The fraction of sp³-hybridized carbons (Fsp3) is 0.455. The largest absolute Gasteiger partial charge is 0.392 e. The lowest BCUT2D eigenvalue weighted by molar-refractivity contribution is 0.211. The summed E-state index contributed by atoms with van der Waals surface area (Å²) in [5.41, 5.74) is 2.88. The van der Waals surface area contributed by atoms with Gasteiger partial charge in [0.05, 0.1) is 18.6 Å². The van der Waals surface area contributed by atoms with Crippen LogP contribution in [0.3, 0.4) is 0 Å². The highest BCUT2D eigenvalue weighted by molar-refractivity contribution is 6.18. The van der Waals surface area contributed by atoms with Crippen molar-refractivity contribution < 1.29 is 10.2 Å². The van der Waals surface area contributed by atoms with Crippen molar-refractivity contribution in [3.63, 3.8) is 0 Å². The molecule has 0 aliphatic rings. The molecule has 0 radical (unpaired) electrons. The molecular formula is C11H16ClNO2. The van der Waals surface area contributed by atoms with Gasteiger partial charge in [0, 0.05) is 12.2 Å². The van der Waals surface area contributed by atoms with Gasteiger partial charge in [0.2, 0.25) is 0 Å². The standard InChI is InChI=1S/C11H16ClNO2/c1-8-4-9(7-14)2-3-11(8)13-6-10(15)5-12/h2-4,10,13-15H,5-7H2,1H3. The van der Waals surface area contributed by atoms with E-state index in [0.717, 1.165) is 16.8 Å². The third kappa shape index (κ3) is 3.70. The van der Waals surface area contributed by atoms with E-state index in [1.807, 2.05) is 25.1 Å². The highest BCUT2D eigenvalue weighted by atomic mass is 35.5. The van der Waals surface area contributed by atoms with Crippen molar-refractivity contribution in [2.45, 2.75) is 19.6 Å². The smallest absolute Gasteiger partial charge is 0.0847 e. The lowest BCUT2D eigenvalue weighted by Gasteiger charge is -2.12. The Bertz CT molecular complexity index is 317. The number of hydrogen-bond donors (Lipinski definition) is 3. The molecule has 1 atom stereocenters. The van der Waals surface area contributed by atoms with E-state index in [1.165, 1.54) is 0 Å². The van der Waals surface area contributed by atoms with Crippen LogP contribution in [0.5, 0.6) is 0 Å². The van der Waals surface area contributed by atoms with E-state index in [9.17, 15) is 5.11 Å². The van der Waals surface area contributed by atoms with E-state index < -0.39 is 6.10 Å². The highest BCUT2D eigenvalue weighted by Gasteiger charge is 2.03. The first kappa shape index (κ1) is 12.3. The molecule has 0 fully saturated rings. The van der Waals surface area contributed by atoms with Gasteiger partial charge in [0.25, 0.3) is 0 Å². The molecule has 0 aromatic heterocycles. The van der Waals surface area contributed by atoms with Crippen LogP contribution in [-0.4, -0.2) is 28.7 Å². The van der Waals surface area contributed by atoms with E-state index >= 15 is 0 Å². The zero-order chi connectivity index (χ0) is 11.3. The number of aliphatic hydroxyl groups excluding tert-OH is 2. The predicted molar refractivity (Wildman–Crippen MR) is 62.3 cm³/mol. The first-order chi connectivity index (χ1) is 7.17. The van der Waals surface area contributed by atoms with Gasteiger partial charge in [-0.2, -0.15) is 0 Å². The Hall–Kier alpha value is -0.770. The number of hydrogen-bond acceptors (Lipinski definition) is 3. The number of rotatable bonds is 5. The Balaban J connectivity index is 2.62. The molecule has 1 aromatic carbocycles. The monoisotopic (exact) mass is 229 g/mol. The van der Waals surface area contributed by atoms with Crippen LogP contribution in [0.1, 0.15) is 11.1 Å². The summed E-state index contributed by atoms with van der Waals surface area (Å²) < 4.78 is 0. The summed E-state index contributed by atoms with van der Waals surface area (Å²) in [6.45, 7) is 2.43. The average molecular weight is 230 g/mol. The summed E-state index contributed by atoms with van der Waals surface area (Å²) in [7, 11) is 0. The van der Waals surface area contributed by atoms with Gasteiger partial charge in [-0.25, -0.2) is 0 Å².